The lowest BCUT2D eigenvalue weighted by molar-refractivity contribution is 0.114. The summed E-state index contributed by atoms with van der Waals surface area (Å²) in [4.78, 5) is 4.81. The molecule has 0 saturated carbocycles. The molecular weight excluding hydrogens is 300 g/mol. The zero-order valence-corrected chi connectivity index (χ0v) is 13.6. The molecule has 0 N–H and O–H groups in total. The third-order valence-electron chi connectivity index (χ3n) is 3.93. The van der Waals surface area contributed by atoms with Crippen LogP contribution in [0.5, 0.6) is 0 Å². The van der Waals surface area contributed by atoms with Gasteiger partial charge in [-0.15, -0.1) is 10.2 Å². The van der Waals surface area contributed by atoms with Crippen LogP contribution < -0.4 is 0 Å². The summed E-state index contributed by atoms with van der Waals surface area (Å²) in [7, 11) is 0. The number of piperazine rings is 1. The monoisotopic (exact) mass is 320 g/mol. The average Bonchev–Trinajstić information content (AvgIpc) is 2.97. The van der Waals surface area contributed by atoms with Crippen LogP contribution in [0.3, 0.4) is 0 Å². The zero-order chi connectivity index (χ0) is 15.4. The van der Waals surface area contributed by atoms with Crippen molar-refractivity contribution >= 4 is 11.6 Å². The smallest absolute Gasteiger partial charge is 0.230 e. The van der Waals surface area contributed by atoms with Crippen LogP contribution in [0.4, 0.5) is 0 Å². The van der Waals surface area contributed by atoms with Crippen molar-refractivity contribution in [3.63, 3.8) is 0 Å². The maximum absolute atomic E-state index is 6.04. The van der Waals surface area contributed by atoms with E-state index in [1.807, 2.05) is 25.1 Å². The maximum Gasteiger partial charge on any atom is 0.230 e. The topological polar surface area (TPSA) is 45.4 Å². The van der Waals surface area contributed by atoms with Gasteiger partial charge in [-0.1, -0.05) is 30.7 Å². The van der Waals surface area contributed by atoms with Gasteiger partial charge in [0.1, 0.15) is 0 Å². The van der Waals surface area contributed by atoms with Crippen molar-refractivity contribution in [1.82, 2.24) is 20.0 Å². The van der Waals surface area contributed by atoms with E-state index in [0.29, 0.717) is 0 Å². The minimum absolute atomic E-state index is 0.717. The summed E-state index contributed by atoms with van der Waals surface area (Å²) in [6.45, 7) is 7.84. The second-order valence-electron chi connectivity index (χ2n) is 5.63. The molecule has 2 aromatic rings. The quantitative estimate of drug-likeness (QED) is 0.847. The molecule has 0 unspecified atom stereocenters. The standard InChI is InChI=1S/C16H21ClN4O/c1-2-15-18-19-16(22-15)12-21-8-6-20(7-9-21)11-13-4-3-5-14(17)10-13/h3-5,10H,2,6-9,11-12H2,1H3. The molecular formula is C16H21ClN4O. The number of hydrogen-bond donors (Lipinski definition) is 0. The molecule has 2 heterocycles. The predicted octanol–water partition coefficient (Wildman–Crippen LogP) is 2.60. The van der Waals surface area contributed by atoms with Crippen molar-refractivity contribution in [2.24, 2.45) is 0 Å². The highest BCUT2D eigenvalue weighted by atomic mass is 35.5. The Kier molecular flexibility index (Phi) is 5.08. The molecule has 1 saturated heterocycles. The van der Waals surface area contributed by atoms with Gasteiger partial charge in [0.15, 0.2) is 0 Å². The van der Waals surface area contributed by atoms with E-state index in [9.17, 15) is 0 Å². The SMILES string of the molecule is CCc1nnc(CN2CCN(Cc3cccc(Cl)c3)CC2)o1. The average molecular weight is 321 g/mol. The van der Waals surface area contributed by atoms with Gasteiger partial charge in [-0.05, 0) is 17.7 Å². The lowest BCUT2D eigenvalue weighted by Gasteiger charge is -2.33. The fraction of sp³-hybridized carbons (Fsp3) is 0.500. The molecule has 0 atom stereocenters. The molecule has 1 aromatic heterocycles. The molecule has 5 nitrogen and oxygen atoms in total. The number of rotatable bonds is 5. The van der Waals surface area contributed by atoms with E-state index in [1.165, 1.54) is 5.56 Å². The summed E-state index contributed by atoms with van der Waals surface area (Å²) in [5, 5.41) is 8.91. The molecule has 1 aromatic carbocycles. The Morgan fingerprint density at radius 1 is 1.05 bits per heavy atom. The van der Waals surface area contributed by atoms with Crippen molar-refractivity contribution in [2.45, 2.75) is 26.4 Å². The van der Waals surface area contributed by atoms with E-state index < -0.39 is 0 Å². The predicted molar refractivity (Wildman–Crippen MR) is 85.7 cm³/mol. The van der Waals surface area contributed by atoms with Gasteiger partial charge < -0.3 is 4.42 Å². The summed E-state index contributed by atoms with van der Waals surface area (Å²) in [5.41, 5.74) is 1.27. The minimum Gasteiger partial charge on any atom is -0.424 e. The molecule has 0 amide bonds. The molecule has 0 radical (unpaired) electrons. The van der Waals surface area contributed by atoms with E-state index in [2.05, 4.69) is 26.1 Å². The molecule has 118 valence electrons. The summed E-state index contributed by atoms with van der Waals surface area (Å²) < 4.78 is 5.58. The van der Waals surface area contributed by atoms with Crippen LogP contribution in [0.2, 0.25) is 5.02 Å². The number of hydrogen-bond acceptors (Lipinski definition) is 5. The van der Waals surface area contributed by atoms with Gasteiger partial charge in [-0.25, -0.2) is 0 Å². The molecule has 0 bridgehead atoms. The second kappa shape index (κ2) is 7.22. The molecule has 1 aliphatic heterocycles. The van der Waals surface area contributed by atoms with Crippen LogP contribution in [0.1, 0.15) is 24.3 Å². The van der Waals surface area contributed by atoms with Crippen molar-refractivity contribution in [1.29, 1.82) is 0 Å². The Bertz CT molecular complexity index is 608. The van der Waals surface area contributed by atoms with Crippen molar-refractivity contribution in [3.05, 3.63) is 46.6 Å². The number of nitrogens with zero attached hydrogens (tertiary/aromatic N) is 4. The van der Waals surface area contributed by atoms with Crippen LogP contribution in [-0.4, -0.2) is 46.2 Å². The largest absolute Gasteiger partial charge is 0.424 e. The highest BCUT2D eigenvalue weighted by Gasteiger charge is 2.19. The van der Waals surface area contributed by atoms with Gasteiger partial charge in [0.25, 0.3) is 0 Å². The van der Waals surface area contributed by atoms with E-state index in [0.717, 1.165) is 62.5 Å². The number of aryl methyl sites for hydroxylation is 1. The molecule has 6 heteroatoms. The second-order valence-corrected chi connectivity index (χ2v) is 6.06. The summed E-state index contributed by atoms with van der Waals surface area (Å²) >= 11 is 6.04. The summed E-state index contributed by atoms with van der Waals surface area (Å²) in [6.07, 6.45) is 0.792. The molecule has 1 fully saturated rings. The number of halogens is 1. The van der Waals surface area contributed by atoms with Crippen molar-refractivity contribution in [2.75, 3.05) is 26.2 Å². The first kappa shape index (κ1) is 15.5. The van der Waals surface area contributed by atoms with Crippen LogP contribution in [0.25, 0.3) is 0 Å². The molecule has 1 aliphatic rings. The molecule has 0 spiro atoms. The third-order valence-corrected chi connectivity index (χ3v) is 4.17. The van der Waals surface area contributed by atoms with Crippen molar-refractivity contribution < 1.29 is 4.42 Å². The van der Waals surface area contributed by atoms with Gasteiger partial charge >= 0.3 is 0 Å². The van der Waals surface area contributed by atoms with Gasteiger partial charge in [0, 0.05) is 44.2 Å². The van der Waals surface area contributed by atoms with E-state index >= 15 is 0 Å². The normalized spacial score (nSPS) is 17.0. The van der Waals surface area contributed by atoms with Gasteiger partial charge in [0.2, 0.25) is 11.8 Å². The van der Waals surface area contributed by atoms with E-state index in [1.54, 1.807) is 0 Å². The fourth-order valence-electron chi connectivity index (χ4n) is 2.69. The maximum atomic E-state index is 6.04. The van der Waals surface area contributed by atoms with Crippen LogP contribution in [0.15, 0.2) is 28.7 Å². The van der Waals surface area contributed by atoms with Crippen molar-refractivity contribution in [3.8, 4) is 0 Å². The summed E-state index contributed by atoms with van der Waals surface area (Å²) in [6, 6.07) is 8.09. The van der Waals surface area contributed by atoms with Gasteiger partial charge in [-0.2, -0.15) is 0 Å². The Morgan fingerprint density at radius 2 is 1.73 bits per heavy atom. The summed E-state index contributed by atoms with van der Waals surface area (Å²) in [5.74, 6) is 1.44. The Morgan fingerprint density at radius 3 is 2.36 bits per heavy atom. The molecule has 3 rings (SSSR count). The lowest BCUT2D eigenvalue weighted by atomic mass is 10.2. The van der Waals surface area contributed by atoms with Gasteiger partial charge in [0.05, 0.1) is 6.54 Å². The van der Waals surface area contributed by atoms with Crippen LogP contribution in [0, 0.1) is 0 Å². The number of benzene rings is 1. The highest BCUT2D eigenvalue weighted by molar-refractivity contribution is 6.30. The first-order valence-electron chi connectivity index (χ1n) is 7.73. The molecule has 22 heavy (non-hydrogen) atoms. The lowest BCUT2D eigenvalue weighted by Crippen LogP contribution is -2.45. The van der Waals surface area contributed by atoms with E-state index in [-0.39, 0.29) is 0 Å². The first-order valence-corrected chi connectivity index (χ1v) is 8.11. The number of aromatic nitrogens is 2. The van der Waals surface area contributed by atoms with E-state index in [4.69, 9.17) is 16.0 Å². The Hall–Kier alpha value is -1.43. The van der Waals surface area contributed by atoms with Crippen LogP contribution >= 0.6 is 11.6 Å². The minimum atomic E-state index is 0.717. The Labute approximate surface area is 135 Å². The van der Waals surface area contributed by atoms with Crippen LogP contribution in [-0.2, 0) is 19.5 Å². The van der Waals surface area contributed by atoms with Gasteiger partial charge in [-0.3, -0.25) is 9.80 Å². The zero-order valence-electron chi connectivity index (χ0n) is 12.8. The molecule has 0 aliphatic carbocycles. The third kappa shape index (κ3) is 4.06. The Balaban J connectivity index is 1.47. The highest BCUT2D eigenvalue weighted by Crippen LogP contribution is 2.14. The first-order chi connectivity index (χ1) is 10.7. The fourth-order valence-corrected chi connectivity index (χ4v) is 2.90.